The van der Waals surface area contributed by atoms with Gasteiger partial charge in [-0.25, -0.2) is 13.8 Å². The standard InChI is InChI=1S/C36H38ClF2N3O5/c1-21-24(14-16-40-35(21)47-18-15-31(43)44)20-42(26-9-10-26)36(45)32-27(19-25-8-13-30(32)41-25)23-6-4-22(5-7-23)3-2-17-46-34-29(39)12-11-28(38)33(34)37/h4-7,11-12,14,16,25-26,30,41H,2-3,8-10,13,15,17-20H2,1H3,(H,43,44). The van der Waals surface area contributed by atoms with Crippen LogP contribution in [0.2, 0.25) is 5.02 Å². The Kier molecular flexibility index (Phi) is 10.1. The van der Waals surface area contributed by atoms with E-state index >= 15 is 0 Å². The molecule has 1 amide bonds. The van der Waals surface area contributed by atoms with Crippen LogP contribution in [0.15, 0.2) is 54.2 Å². The van der Waals surface area contributed by atoms with Gasteiger partial charge in [-0.15, -0.1) is 0 Å². The molecule has 2 atom stereocenters. The molecule has 2 unspecified atom stereocenters. The number of carboxylic acid groups (broad SMARTS) is 1. The normalized spacial score (nSPS) is 18.7. The number of carboxylic acids is 1. The number of fused-ring (bicyclic) bond motifs is 2. The van der Waals surface area contributed by atoms with Gasteiger partial charge in [0, 0.05) is 42.0 Å². The highest BCUT2D eigenvalue weighted by molar-refractivity contribution is 6.32. The molecule has 6 rings (SSSR count). The lowest BCUT2D eigenvalue weighted by Gasteiger charge is -2.32. The largest absolute Gasteiger partial charge is 0.489 e. The fourth-order valence-electron chi connectivity index (χ4n) is 6.49. The summed E-state index contributed by atoms with van der Waals surface area (Å²) in [7, 11) is 0. The molecule has 47 heavy (non-hydrogen) atoms. The number of pyridine rings is 1. The Hall–Kier alpha value is -4.02. The predicted octanol–water partition coefficient (Wildman–Crippen LogP) is 6.66. The van der Waals surface area contributed by atoms with Crippen LogP contribution >= 0.6 is 11.6 Å². The molecule has 2 N–H and O–H groups in total. The highest BCUT2D eigenvalue weighted by atomic mass is 35.5. The van der Waals surface area contributed by atoms with Gasteiger partial charge >= 0.3 is 5.97 Å². The first-order chi connectivity index (χ1) is 22.7. The number of rotatable bonds is 14. The lowest BCUT2D eigenvalue weighted by Crippen LogP contribution is -2.44. The molecule has 2 bridgehead atoms. The molecule has 2 fully saturated rings. The van der Waals surface area contributed by atoms with Gasteiger partial charge in [0.1, 0.15) is 17.4 Å². The summed E-state index contributed by atoms with van der Waals surface area (Å²) in [5, 5.41) is 12.3. The van der Waals surface area contributed by atoms with E-state index in [-0.39, 0.29) is 48.4 Å². The van der Waals surface area contributed by atoms with E-state index in [9.17, 15) is 18.4 Å². The van der Waals surface area contributed by atoms with Crippen LogP contribution in [0, 0.1) is 18.6 Å². The maximum absolute atomic E-state index is 14.5. The average Bonchev–Trinajstić information content (AvgIpc) is 3.84. The summed E-state index contributed by atoms with van der Waals surface area (Å²) in [4.78, 5) is 31.7. The molecule has 8 nitrogen and oxygen atoms in total. The van der Waals surface area contributed by atoms with Crippen molar-refractivity contribution in [1.82, 2.24) is 15.2 Å². The molecule has 3 heterocycles. The Bertz CT molecular complexity index is 1680. The number of halogens is 3. The van der Waals surface area contributed by atoms with Crippen molar-refractivity contribution in [3.63, 3.8) is 0 Å². The molecule has 0 radical (unpaired) electrons. The molecule has 3 aliphatic rings. The van der Waals surface area contributed by atoms with Crippen molar-refractivity contribution >= 4 is 29.1 Å². The summed E-state index contributed by atoms with van der Waals surface area (Å²) in [5.41, 5.74) is 5.76. The molecule has 2 aliphatic heterocycles. The first kappa shape index (κ1) is 32.9. The van der Waals surface area contributed by atoms with Crippen LogP contribution in [0.5, 0.6) is 11.6 Å². The third kappa shape index (κ3) is 7.60. The number of nitrogens with zero attached hydrogens (tertiary/aromatic N) is 2. The molecule has 11 heteroatoms. The third-order valence-electron chi connectivity index (χ3n) is 9.17. The SMILES string of the molecule is Cc1c(CN(C(=O)C2=C(c3ccc(CCCOc4c(F)ccc(F)c4Cl)cc3)CC3CCC2N3)C2CC2)ccnc1OCCC(=O)O. The number of amides is 1. The summed E-state index contributed by atoms with van der Waals surface area (Å²) < 4.78 is 38.8. The highest BCUT2D eigenvalue weighted by Crippen LogP contribution is 2.40. The van der Waals surface area contributed by atoms with Gasteiger partial charge in [-0.3, -0.25) is 9.59 Å². The number of benzene rings is 2. The molecule has 2 aromatic carbocycles. The van der Waals surface area contributed by atoms with Gasteiger partial charge in [0.05, 0.1) is 13.0 Å². The molecule has 0 spiro atoms. The van der Waals surface area contributed by atoms with Gasteiger partial charge in [-0.1, -0.05) is 35.9 Å². The molecular weight excluding hydrogens is 628 g/mol. The first-order valence-corrected chi connectivity index (χ1v) is 16.5. The van der Waals surface area contributed by atoms with Crippen LogP contribution in [0.1, 0.15) is 67.2 Å². The minimum atomic E-state index is -0.936. The van der Waals surface area contributed by atoms with Gasteiger partial charge in [0.25, 0.3) is 5.91 Å². The number of nitrogens with one attached hydrogen (secondary N) is 1. The van der Waals surface area contributed by atoms with Crippen molar-refractivity contribution in [1.29, 1.82) is 0 Å². The van der Waals surface area contributed by atoms with Gasteiger partial charge in [0.2, 0.25) is 5.88 Å². The van der Waals surface area contributed by atoms with Crippen molar-refractivity contribution in [2.45, 2.75) is 83.0 Å². The molecule has 1 saturated carbocycles. The van der Waals surface area contributed by atoms with E-state index in [0.29, 0.717) is 31.3 Å². The summed E-state index contributed by atoms with van der Waals surface area (Å²) in [6, 6.07) is 12.6. The number of ether oxygens (including phenoxy) is 2. The predicted molar refractivity (Wildman–Crippen MR) is 173 cm³/mol. The molecule has 248 valence electrons. The lowest BCUT2D eigenvalue weighted by atomic mass is 9.88. The Morgan fingerprint density at radius 3 is 2.53 bits per heavy atom. The number of hydrogen-bond acceptors (Lipinski definition) is 6. The molecule has 1 aromatic heterocycles. The van der Waals surface area contributed by atoms with Crippen LogP contribution in [0.3, 0.4) is 0 Å². The van der Waals surface area contributed by atoms with E-state index < -0.39 is 17.6 Å². The Morgan fingerprint density at radius 2 is 1.79 bits per heavy atom. The van der Waals surface area contributed by atoms with Crippen molar-refractivity contribution in [3.8, 4) is 11.6 Å². The van der Waals surface area contributed by atoms with Crippen molar-refractivity contribution in [2.75, 3.05) is 13.2 Å². The number of aliphatic carboxylic acids is 1. The third-order valence-corrected chi connectivity index (χ3v) is 9.52. The van der Waals surface area contributed by atoms with Gasteiger partial charge in [-0.05, 0) is 92.3 Å². The zero-order chi connectivity index (χ0) is 33.1. The maximum atomic E-state index is 14.5. The molecular formula is C36H38ClF2N3O5. The number of aromatic nitrogens is 1. The van der Waals surface area contributed by atoms with E-state index in [0.717, 1.165) is 77.6 Å². The molecule has 1 saturated heterocycles. The topological polar surface area (TPSA) is 101 Å². The summed E-state index contributed by atoms with van der Waals surface area (Å²) in [6.07, 6.45) is 7.41. The highest BCUT2D eigenvalue weighted by Gasteiger charge is 2.42. The smallest absolute Gasteiger partial charge is 0.306 e. The fraction of sp³-hybridized carbons (Fsp3) is 0.417. The Morgan fingerprint density at radius 1 is 1.02 bits per heavy atom. The van der Waals surface area contributed by atoms with Crippen LogP contribution in [0.25, 0.3) is 5.57 Å². The molecule has 3 aromatic rings. The first-order valence-electron chi connectivity index (χ1n) is 16.1. The van der Waals surface area contributed by atoms with E-state index in [2.05, 4.69) is 34.6 Å². The summed E-state index contributed by atoms with van der Waals surface area (Å²) in [5.74, 6) is -2.18. The van der Waals surface area contributed by atoms with E-state index in [1.165, 1.54) is 0 Å². The minimum absolute atomic E-state index is 0.00202. The lowest BCUT2D eigenvalue weighted by molar-refractivity contribution is -0.137. The van der Waals surface area contributed by atoms with E-state index in [4.69, 9.17) is 26.2 Å². The van der Waals surface area contributed by atoms with Crippen molar-refractivity contribution in [3.05, 3.63) is 93.1 Å². The average molecular weight is 666 g/mol. The number of aryl methyl sites for hydroxylation is 1. The maximum Gasteiger partial charge on any atom is 0.306 e. The second kappa shape index (κ2) is 14.4. The second-order valence-corrected chi connectivity index (χ2v) is 12.8. The monoisotopic (exact) mass is 665 g/mol. The van der Waals surface area contributed by atoms with Gasteiger partial charge in [-0.2, -0.15) is 0 Å². The van der Waals surface area contributed by atoms with E-state index in [1.54, 1.807) is 6.20 Å². The van der Waals surface area contributed by atoms with Crippen molar-refractivity contribution in [2.24, 2.45) is 0 Å². The van der Waals surface area contributed by atoms with Crippen molar-refractivity contribution < 1.29 is 33.0 Å². The number of carbonyl (C=O) groups is 2. The zero-order valence-corrected chi connectivity index (χ0v) is 27.0. The Balaban J connectivity index is 1.17. The summed E-state index contributed by atoms with van der Waals surface area (Å²) in [6.45, 7) is 2.53. The number of carbonyl (C=O) groups excluding carboxylic acids is 1. The number of hydrogen-bond donors (Lipinski definition) is 2. The zero-order valence-electron chi connectivity index (χ0n) is 26.2. The summed E-state index contributed by atoms with van der Waals surface area (Å²) >= 11 is 5.86. The van der Waals surface area contributed by atoms with Crippen LogP contribution in [-0.2, 0) is 22.6 Å². The van der Waals surface area contributed by atoms with E-state index in [1.807, 2.05) is 17.9 Å². The second-order valence-electron chi connectivity index (χ2n) is 12.5. The van der Waals surface area contributed by atoms with Crippen LogP contribution in [-0.4, -0.2) is 58.2 Å². The fourth-order valence-corrected chi connectivity index (χ4v) is 6.69. The Labute approximate surface area is 277 Å². The molecule has 1 aliphatic carbocycles. The quantitative estimate of drug-likeness (QED) is 0.147. The van der Waals surface area contributed by atoms with Gasteiger partial charge < -0.3 is 24.8 Å². The van der Waals surface area contributed by atoms with Gasteiger partial charge in [0.15, 0.2) is 11.6 Å². The van der Waals surface area contributed by atoms with Crippen LogP contribution < -0.4 is 14.8 Å². The minimum Gasteiger partial charge on any atom is -0.489 e. The van der Waals surface area contributed by atoms with Crippen LogP contribution in [0.4, 0.5) is 8.78 Å².